The minimum absolute atomic E-state index is 0.0521. The standard InChI is InChI=1S/C17H20N2O3/c1-4-12-13(10-16(22)18-11(3)20)14-8-6-7-9-19(14)17(12)15(21)5-2/h6-9H,4-5,10H2,1-3H3,(H,18,20,22). The van der Waals surface area contributed by atoms with Crippen molar-refractivity contribution in [3.63, 3.8) is 0 Å². The van der Waals surface area contributed by atoms with Gasteiger partial charge in [-0.3, -0.25) is 19.7 Å². The van der Waals surface area contributed by atoms with E-state index in [0.717, 1.165) is 16.6 Å². The number of imide groups is 1. The summed E-state index contributed by atoms with van der Waals surface area (Å²) in [5, 5.41) is 2.29. The fourth-order valence-electron chi connectivity index (χ4n) is 2.78. The molecule has 0 aromatic carbocycles. The number of hydrogen-bond donors (Lipinski definition) is 1. The molecule has 5 heteroatoms. The molecule has 0 aliphatic rings. The van der Waals surface area contributed by atoms with Gasteiger partial charge in [-0.15, -0.1) is 0 Å². The van der Waals surface area contributed by atoms with E-state index in [1.165, 1.54) is 6.92 Å². The third-order valence-corrected chi connectivity index (χ3v) is 3.65. The highest BCUT2D eigenvalue weighted by molar-refractivity contribution is 6.00. The molecule has 22 heavy (non-hydrogen) atoms. The largest absolute Gasteiger partial charge is 0.313 e. The van der Waals surface area contributed by atoms with Crippen molar-refractivity contribution < 1.29 is 14.4 Å². The fourth-order valence-corrected chi connectivity index (χ4v) is 2.78. The number of carbonyl (C=O) groups is 3. The second-order valence-electron chi connectivity index (χ2n) is 5.17. The van der Waals surface area contributed by atoms with Crippen LogP contribution in [-0.4, -0.2) is 22.0 Å². The molecule has 0 spiro atoms. The maximum absolute atomic E-state index is 12.3. The van der Waals surface area contributed by atoms with Gasteiger partial charge in [0.15, 0.2) is 5.78 Å². The molecule has 2 aromatic heterocycles. The molecule has 116 valence electrons. The van der Waals surface area contributed by atoms with Gasteiger partial charge in [-0.1, -0.05) is 19.9 Å². The lowest BCUT2D eigenvalue weighted by Crippen LogP contribution is -2.29. The quantitative estimate of drug-likeness (QED) is 0.862. The number of Topliss-reactive ketones (excluding diaryl/α,β-unsaturated/α-hetero) is 1. The fraction of sp³-hybridized carbons (Fsp3) is 0.353. The molecule has 2 rings (SSSR count). The van der Waals surface area contributed by atoms with E-state index >= 15 is 0 Å². The first-order chi connectivity index (χ1) is 10.5. The Morgan fingerprint density at radius 3 is 2.45 bits per heavy atom. The number of rotatable bonds is 5. The van der Waals surface area contributed by atoms with Crippen LogP contribution in [0.5, 0.6) is 0 Å². The van der Waals surface area contributed by atoms with Gasteiger partial charge in [-0.05, 0) is 29.7 Å². The average Bonchev–Trinajstić information content (AvgIpc) is 2.79. The van der Waals surface area contributed by atoms with E-state index in [9.17, 15) is 14.4 Å². The maximum atomic E-state index is 12.3. The molecule has 0 fully saturated rings. The predicted octanol–water partition coefficient (Wildman–Crippen LogP) is 2.30. The normalized spacial score (nSPS) is 10.7. The van der Waals surface area contributed by atoms with Crippen LogP contribution >= 0.6 is 0 Å². The monoisotopic (exact) mass is 300 g/mol. The summed E-state index contributed by atoms with van der Waals surface area (Å²) in [6, 6.07) is 5.63. The molecule has 0 bridgehead atoms. The molecule has 0 aliphatic heterocycles. The molecule has 1 N–H and O–H groups in total. The minimum atomic E-state index is -0.378. The number of nitrogens with zero attached hydrogens (tertiary/aromatic N) is 1. The lowest BCUT2D eigenvalue weighted by molar-refractivity contribution is -0.128. The van der Waals surface area contributed by atoms with Crippen LogP contribution in [0.15, 0.2) is 24.4 Å². The zero-order valence-corrected chi connectivity index (χ0v) is 13.1. The minimum Gasteiger partial charge on any atom is -0.313 e. The topological polar surface area (TPSA) is 67.7 Å². The van der Waals surface area contributed by atoms with Gasteiger partial charge < -0.3 is 4.40 Å². The highest BCUT2D eigenvalue weighted by Crippen LogP contribution is 2.26. The van der Waals surface area contributed by atoms with Gasteiger partial charge >= 0.3 is 0 Å². The summed E-state index contributed by atoms with van der Waals surface area (Å²) in [6.07, 6.45) is 3.00. The first-order valence-corrected chi connectivity index (χ1v) is 7.43. The van der Waals surface area contributed by atoms with Crippen LogP contribution in [0.25, 0.3) is 5.52 Å². The Morgan fingerprint density at radius 2 is 1.86 bits per heavy atom. The van der Waals surface area contributed by atoms with Crippen molar-refractivity contribution in [3.8, 4) is 0 Å². The number of aromatic nitrogens is 1. The van der Waals surface area contributed by atoms with Gasteiger partial charge in [-0.2, -0.15) is 0 Å². The van der Waals surface area contributed by atoms with Gasteiger partial charge in [0.2, 0.25) is 11.8 Å². The Kier molecular flexibility index (Phi) is 4.75. The van der Waals surface area contributed by atoms with E-state index in [0.29, 0.717) is 18.5 Å². The van der Waals surface area contributed by atoms with Crippen molar-refractivity contribution in [2.75, 3.05) is 0 Å². The molecule has 0 radical (unpaired) electrons. The van der Waals surface area contributed by atoms with Gasteiger partial charge in [0.1, 0.15) is 0 Å². The number of pyridine rings is 1. The molecule has 0 unspecified atom stereocenters. The van der Waals surface area contributed by atoms with E-state index in [2.05, 4.69) is 5.32 Å². The number of ketones is 1. The summed E-state index contributed by atoms with van der Waals surface area (Å²) in [5.41, 5.74) is 3.19. The lowest BCUT2D eigenvalue weighted by atomic mass is 10.0. The van der Waals surface area contributed by atoms with Crippen LogP contribution in [0.3, 0.4) is 0 Å². The number of fused-ring (bicyclic) bond motifs is 1. The molecule has 2 aromatic rings. The molecule has 0 saturated heterocycles. The first-order valence-electron chi connectivity index (χ1n) is 7.43. The molecule has 5 nitrogen and oxygen atoms in total. The van der Waals surface area contributed by atoms with Crippen LogP contribution in [0.1, 0.15) is 48.8 Å². The van der Waals surface area contributed by atoms with Gasteiger partial charge in [-0.25, -0.2) is 0 Å². The van der Waals surface area contributed by atoms with Crippen LogP contribution in [0.4, 0.5) is 0 Å². The zero-order valence-electron chi connectivity index (χ0n) is 13.1. The van der Waals surface area contributed by atoms with E-state index in [-0.39, 0.29) is 24.0 Å². The second kappa shape index (κ2) is 6.56. The summed E-state index contributed by atoms with van der Waals surface area (Å²) in [6.45, 7) is 5.10. The van der Waals surface area contributed by atoms with E-state index in [1.807, 2.05) is 42.6 Å². The average molecular weight is 300 g/mol. The van der Waals surface area contributed by atoms with Gasteiger partial charge in [0, 0.05) is 25.1 Å². The Labute approximate surface area is 129 Å². The molecule has 0 aliphatic carbocycles. The summed E-state index contributed by atoms with van der Waals surface area (Å²) in [5.74, 6) is -0.679. The molecule has 0 atom stereocenters. The van der Waals surface area contributed by atoms with Crippen molar-refractivity contribution >= 4 is 23.1 Å². The lowest BCUT2D eigenvalue weighted by Gasteiger charge is -2.04. The summed E-state index contributed by atoms with van der Waals surface area (Å²) in [4.78, 5) is 35.3. The van der Waals surface area contributed by atoms with Crippen LogP contribution in [0.2, 0.25) is 0 Å². The molecular formula is C17H20N2O3. The third-order valence-electron chi connectivity index (χ3n) is 3.65. The Morgan fingerprint density at radius 1 is 1.14 bits per heavy atom. The smallest absolute Gasteiger partial charge is 0.231 e. The van der Waals surface area contributed by atoms with E-state index in [4.69, 9.17) is 0 Å². The Balaban J connectivity index is 2.60. The van der Waals surface area contributed by atoms with Crippen LogP contribution in [-0.2, 0) is 22.4 Å². The van der Waals surface area contributed by atoms with Gasteiger partial charge in [0.05, 0.1) is 12.1 Å². The maximum Gasteiger partial charge on any atom is 0.231 e. The molecule has 2 heterocycles. The summed E-state index contributed by atoms with van der Waals surface area (Å²) in [7, 11) is 0. The first kappa shape index (κ1) is 15.9. The highest BCUT2D eigenvalue weighted by Gasteiger charge is 2.22. The number of hydrogen-bond acceptors (Lipinski definition) is 3. The van der Waals surface area contributed by atoms with Crippen LogP contribution < -0.4 is 5.32 Å². The number of nitrogens with one attached hydrogen (secondary N) is 1. The number of carbonyl (C=O) groups excluding carboxylic acids is 3. The summed E-state index contributed by atoms with van der Waals surface area (Å²) < 4.78 is 1.85. The number of amides is 2. The van der Waals surface area contributed by atoms with Crippen molar-refractivity contribution in [1.82, 2.24) is 9.72 Å². The molecular weight excluding hydrogens is 280 g/mol. The van der Waals surface area contributed by atoms with Crippen molar-refractivity contribution in [2.24, 2.45) is 0 Å². The highest BCUT2D eigenvalue weighted by atomic mass is 16.2. The Bertz CT molecular complexity index is 744. The molecule has 2 amide bonds. The SMILES string of the molecule is CCC(=O)c1c(CC)c(CC(=O)NC(C)=O)c2ccccn12. The van der Waals surface area contributed by atoms with Crippen molar-refractivity contribution in [2.45, 2.75) is 40.0 Å². The Hall–Kier alpha value is -2.43. The summed E-state index contributed by atoms with van der Waals surface area (Å²) >= 11 is 0. The van der Waals surface area contributed by atoms with Crippen molar-refractivity contribution in [3.05, 3.63) is 41.2 Å². The third kappa shape index (κ3) is 2.93. The van der Waals surface area contributed by atoms with Crippen molar-refractivity contribution in [1.29, 1.82) is 0 Å². The van der Waals surface area contributed by atoms with Gasteiger partial charge in [0.25, 0.3) is 0 Å². The predicted molar refractivity (Wildman–Crippen MR) is 83.9 cm³/mol. The van der Waals surface area contributed by atoms with Crippen LogP contribution in [0, 0.1) is 0 Å². The van der Waals surface area contributed by atoms with E-state index in [1.54, 1.807) is 0 Å². The van der Waals surface area contributed by atoms with E-state index < -0.39 is 0 Å². The second-order valence-corrected chi connectivity index (χ2v) is 5.17. The molecule has 0 saturated carbocycles. The zero-order chi connectivity index (χ0) is 16.3.